The number of hydrogen-bond donors (Lipinski definition) is 3. The fourth-order valence-electron chi connectivity index (χ4n) is 5.38. The van der Waals surface area contributed by atoms with E-state index >= 15 is 0 Å². The number of rotatable bonds is 5. The molecule has 0 aromatic rings. The molecule has 140 valence electrons. The zero-order valence-electron chi connectivity index (χ0n) is 15.2. The topological polar surface area (TPSA) is 87.0 Å². The summed E-state index contributed by atoms with van der Waals surface area (Å²) >= 11 is 0. The van der Waals surface area contributed by atoms with Gasteiger partial charge in [0.05, 0.1) is 25.9 Å². The maximum absolute atomic E-state index is 12.2. The molecule has 0 amide bonds. The van der Waals surface area contributed by atoms with Gasteiger partial charge in [0.2, 0.25) is 0 Å². The molecule has 3 N–H and O–H groups in total. The average molecular weight is 350 g/mol. The van der Waals surface area contributed by atoms with E-state index in [1.54, 1.807) is 6.08 Å². The van der Waals surface area contributed by atoms with Crippen LogP contribution in [0, 0.1) is 17.3 Å². The second kappa shape index (κ2) is 6.95. The summed E-state index contributed by atoms with van der Waals surface area (Å²) in [6.07, 6.45) is 6.39. The lowest BCUT2D eigenvalue weighted by atomic mass is 9.54. The van der Waals surface area contributed by atoms with Crippen molar-refractivity contribution in [3.63, 3.8) is 0 Å². The third-order valence-corrected chi connectivity index (χ3v) is 6.95. The molecule has 3 aliphatic rings. The average Bonchev–Trinajstić information content (AvgIpc) is 2.78. The molecule has 5 unspecified atom stereocenters. The predicted octanol–water partition coefficient (Wildman–Crippen LogP) is 1.76. The Morgan fingerprint density at radius 3 is 2.88 bits per heavy atom. The van der Waals surface area contributed by atoms with E-state index in [0.717, 1.165) is 18.4 Å². The van der Waals surface area contributed by atoms with Gasteiger partial charge in [-0.25, -0.2) is 0 Å². The van der Waals surface area contributed by atoms with Crippen molar-refractivity contribution in [3.8, 4) is 0 Å². The van der Waals surface area contributed by atoms with Crippen LogP contribution in [-0.2, 0) is 9.53 Å². The van der Waals surface area contributed by atoms with Crippen molar-refractivity contribution in [2.75, 3.05) is 19.8 Å². The number of carbonyl (C=O) groups excluding carboxylic acids is 1. The lowest BCUT2D eigenvalue weighted by molar-refractivity contribution is -0.117. The Labute approximate surface area is 149 Å². The van der Waals surface area contributed by atoms with Gasteiger partial charge in [-0.3, -0.25) is 4.79 Å². The number of allylic oxidation sites excluding steroid dienone is 1. The Bertz CT molecular complexity index is 595. The Morgan fingerprint density at radius 1 is 1.44 bits per heavy atom. The fraction of sp³-hybridized carbons (Fsp3) is 0.750. The Hall–Kier alpha value is -1.01. The maximum atomic E-state index is 12.2. The Kier molecular flexibility index (Phi) is 5.22. The Morgan fingerprint density at radius 2 is 2.20 bits per heavy atom. The lowest BCUT2D eigenvalue weighted by Crippen LogP contribution is -2.55. The summed E-state index contributed by atoms with van der Waals surface area (Å²) < 4.78 is 6.27. The standard InChI is InChI=1S/C20H30O5/c1-13-10-20-17(4-3-16(13)23)19(12-25-20,14(2)9-18(20)24)7-5-15(11-22)6-8-21/h6,10,14,17-18,21-22,24H,3-5,7-9,11-12H2,1-2H3. The van der Waals surface area contributed by atoms with Gasteiger partial charge < -0.3 is 20.1 Å². The molecule has 5 atom stereocenters. The van der Waals surface area contributed by atoms with Gasteiger partial charge >= 0.3 is 0 Å². The summed E-state index contributed by atoms with van der Waals surface area (Å²) in [7, 11) is 0. The molecular weight excluding hydrogens is 320 g/mol. The molecule has 0 aromatic heterocycles. The number of aliphatic hydroxyl groups excluding tert-OH is 3. The van der Waals surface area contributed by atoms with Crippen LogP contribution in [-0.4, -0.2) is 52.6 Å². The van der Waals surface area contributed by atoms with E-state index in [1.807, 2.05) is 13.0 Å². The van der Waals surface area contributed by atoms with Gasteiger partial charge in [-0.2, -0.15) is 0 Å². The van der Waals surface area contributed by atoms with E-state index in [0.29, 0.717) is 31.4 Å². The Balaban J connectivity index is 1.94. The second-order valence-electron chi connectivity index (χ2n) is 8.07. The van der Waals surface area contributed by atoms with Crippen LogP contribution < -0.4 is 0 Å². The minimum atomic E-state index is -0.747. The van der Waals surface area contributed by atoms with Crippen LogP contribution in [0.5, 0.6) is 0 Å². The van der Waals surface area contributed by atoms with E-state index < -0.39 is 11.7 Å². The molecule has 25 heavy (non-hydrogen) atoms. The highest BCUT2D eigenvalue weighted by molar-refractivity contribution is 5.95. The highest BCUT2D eigenvalue weighted by atomic mass is 16.5. The SMILES string of the molecule is CC1=CC23OCC(CCC(=CCO)CO)(C(C)CC2O)C3CCC1=O. The van der Waals surface area contributed by atoms with Gasteiger partial charge in [-0.05, 0) is 55.7 Å². The van der Waals surface area contributed by atoms with Crippen molar-refractivity contribution >= 4 is 5.78 Å². The predicted molar refractivity (Wildman–Crippen MR) is 93.9 cm³/mol. The van der Waals surface area contributed by atoms with Crippen LogP contribution in [0.4, 0.5) is 0 Å². The molecule has 1 saturated heterocycles. The monoisotopic (exact) mass is 350 g/mol. The number of ketones is 1. The van der Waals surface area contributed by atoms with Crippen LogP contribution in [0.2, 0.25) is 0 Å². The van der Waals surface area contributed by atoms with E-state index in [9.17, 15) is 15.0 Å². The van der Waals surface area contributed by atoms with E-state index in [-0.39, 0.29) is 36.2 Å². The zero-order valence-corrected chi connectivity index (χ0v) is 15.2. The summed E-state index contributed by atoms with van der Waals surface area (Å²) in [4.78, 5) is 12.2. The maximum Gasteiger partial charge on any atom is 0.158 e. The third kappa shape index (κ3) is 2.91. The van der Waals surface area contributed by atoms with Gasteiger partial charge in [0.15, 0.2) is 5.78 Å². The number of ether oxygens (including phenoxy) is 1. The number of aliphatic hydroxyl groups is 3. The molecule has 2 bridgehead atoms. The van der Waals surface area contributed by atoms with Crippen molar-refractivity contribution in [2.24, 2.45) is 17.3 Å². The molecule has 3 rings (SSSR count). The first-order valence-corrected chi connectivity index (χ1v) is 9.34. The van der Waals surface area contributed by atoms with Crippen molar-refractivity contribution in [1.29, 1.82) is 0 Å². The minimum Gasteiger partial charge on any atom is -0.392 e. The first kappa shape index (κ1) is 18.8. The van der Waals surface area contributed by atoms with Gasteiger partial charge in [-0.15, -0.1) is 0 Å². The number of hydrogen-bond acceptors (Lipinski definition) is 5. The van der Waals surface area contributed by atoms with Crippen LogP contribution in [0.3, 0.4) is 0 Å². The molecule has 2 fully saturated rings. The molecule has 0 aromatic carbocycles. The third-order valence-electron chi connectivity index (χ3n) is 6.95. The van der Waals surface area contributed by atoms with Crippen LogP contribution in [0.15, 0.2) is 23.3 Å². The molecule has 1 heterocycles. The molecule has 5 heteroatoms. The van der Waals surface area contributed by atoms with Gasteiger partial charge in [0.1, 0.15) is 5.60 Å². The van der Waals surface area contributed by atoms with Gasteiger partial charge in [-0.1, -0.05) is 13.0 Å². The highest BCUT2D eigenvalue weighted by Gasteiger charge is 2.65. The van der Waals surface area contributed by atoms with Crippen molar-refractivity contribution in [1.82, 2.24) is 0 Å². The van der Waals surface area contributed by atoms with E-state index in [2.05, 4.69) is 6.92 Å². The summed E-state index contributed by atoms with van der Waals surface area (Å²) in [5, 5.41) is 29.5. The normalized spacial score (nSPS) is 41.3. The molecule has 1 saturated carbocycles. The molecule has 2 aliphatic carbocycles. The number of Topliss-reactive ketones (excluding diaryl/α,β-unsaturated/α-hetero) is 1. The van der Waals surface area contributed by atoms with Crippen molar-refractivity contribution < 1.29 is 24.9 Å². The molecule has 5 nitrogen and oxygen atoms in total. The second-order valence-corrected chi connectivity index (χ2v) is 8.07. The summed E-state index contributed by atoms with van der Waals surface area (Å²) in [5.41, 5.74) is 0.680. The summed E-state index contributed by atoms with van der Waals surface area (Å²) in [6.45, 7) is 4.44. The fourth-order valence-corrected chi connectivity index (χ4v) is 5.38. The molecule has 0 radical (unpaired) electrons. The first-order valence-electron chi connectivity index (χ1n) is 9.34. The first-order chi connectivity index (χ1) is 11.9. The quantitative estimate of drug-likeness (QED) is 0.658. The summed E-state index contributed by atoms with van der Waals surface area (Å²) in [6, 6.07) is 0. The zero-order chi connectivity index (χ0) is 18.2. The molecule has 1 aliphatic heterocycles. The van der Waals surface area contributed by atoms with Crippen LogP contribution >= 0.6 is 0 Å². The van der Waals surface area contributed by atoms with Gasteiger partial charge in [0.25, 0.3) is 0 Å². The van der Waals surface area contributed by atoms with E-state index in [1.165, 1.54) is 0 Å². The van der Waals surface area contributed by atoms with Crippen LogP contribution in [0.1, 0.15) is 46.0 Å². The molecule has 0 spiro atoms. The largest absolute Gasteiger partial charge is 0.392 e. The minimum absolute atomic E-state index is 0.0538. The van der Waals surface area contributed by atoms with Crippen molar-refractivity contribution in [3.05, 3.63) is 23.3 Å². The molecular formula is C20H30O5. The lowest BCUT2D eigenvalue weighted by Gasteiger charge is -2.50. The summed E-state index contributed by atoms with van der Waals surface area (Å²) in [5.74, 6) is 0.526. The van der Waals surface area contributed by atoms with Gasteiger partial charge in [0, 0.05) is 17.8 Å². The highest BCUT2D eigenvalue weighted by Crippen LogP contribution is 2.62. The van der Waals surface area contributed by atoms with Crippen LogP contribution in [0.25, 0.3) is 0 Å². The number of carbonyl (C=O) groups is 1. The van der Waals surface area contributed by atoms with Crippen molar-refractivity contribution in [2.45, 2.75) is 57.7 Å². The smallest absolute Gasteiger partial charge is 0.158 e. The van der Waals surface area contributed by atoms with E-state index in [4.69, 9.17) is 9.84 Å².